The molecule has 1 nitrogen and oxygen atoms in total. The number of rotatable bonds is 4. The molecule has 3 aromatic carbocycles. The van der Waals surface area contributed by atoms with Crippen molar-refractivity contribution in [2.75, 3.05) is 6.54 Å². The molecule has 0 aromatic heterocycles. The van der Waals surface area contributed by atoms with E-state index >= 15 is 0 Å². The molecule has 4 rings (SSSR count). The summed E-state index contributed by atoms with van der Waals surface area (Å²) in [6.07, 6.45) is 8.64. The highest BCUT2D eigenvalue weighted by Crippen LogP contribution is 2.42. The van der Waals surface area contributed by atoms with Crippen LogP contribution < -0.4 is 0 Å². The minimum absolute atomic E-state index is 0.356. The van der Waals surface area contributed by atoms with Crippen molar-refractivity contribution >= 4 is 0 Å². The monoisotopic (exact) mass is 323 g/mol. The fourth-order valence-electron chi connectivity index (χ4n) is 3.75. The van der Waals surface area contributed by atoms with Gasteiger partial charge >= 0.3 is 0 Å². The Balaban J connectivity index is 2.05. The minimum Gasteiger partial charge on any atom is -0.356 e. The molecule has 0 spiro atoms. The summed E-state index contributed by atoms with van der Waals surface area (Å²) in [4.78, 5) is 2.42. The van der Waals surface area contributed by atoms with E-state index in [1.54, 1.807) is 0 Å². The zero-order valence-electron chi connectivity index (χ0n) is 14.1. The van der Waals surface area contributed by atoms with Gasteiger partial charge in [0.25, 0.3) is 0 Å². The molecule has 0 amide bonds. The fraction of sp³-hybridized carbons (Fsp3) is 0.0833. The maximum atomic E-state index is 2.42. The standard InChI is InChI=1S/C24H21N/c1-5-13-21(14-6-1)24(22-15-7-2-8-16-22,23-17-9-3-10-18-23)25-19-11-4-12-20-25/h1-19H,20H2. The van der Waals surface area contributed by atoms with Gasteiger partial charge in [-0.2, -0.15) is 0 Å². The van der Waals surface area contributed by atoms with Gasteiger partial charge in [0.15, 0.2) is 0 Å². The summed E-state index contributed by atoms with van der Waals surface area (Å²) in [6, 6.07) is 32.4. The third kappa shape index (κ3) is 2.68. The summed E-state index contributed by atoms with van der Waals surface area (Å²) >= 11 is 0. The molecule has 0 radical (unpaired) electrons. The molecule has 122 valence electrons. The highest BCUT2D eigenvalue weighted by atomic mass is 15.2. The van der Waals surface area contributed by atoms with Gasteiger partial charge in [0.05, 0.1) is 0 Å². The van der Waals surface area contributed by atoms with E-state index in [2.05, 4.69) is 120 Å². The molecule has 0 aliphatic carbocycles. The van der Waals surface area contributed by atoms with Crippen LogP contribution in [-0.4, -0.2) is 11.4 Å². The quantitative estimate of drug-likeness (QED) is 0.584. The Morgan fingerprint density at radius 1 is 0.560 bits per heavy atom. The highest BCUT2D eigenvalue weighted by molar-refractivity contribution is 5.50. The maximum Gasteiger partial charge on any atom is 0.116 e. The first-order chi connectivity index (χ1) is 12.4. The summed E-state index contributed by atoms with van der Waals surface area (Å²) in [6.45, 7) is 0.870. The Labute approximate surface area is 149 Å². The van der Waals surface area contributed by atoms with Crippen LogP contribution in [0, 0.1) is 0 Å². The van der Waals surface area contributed by atoms with Crippen LogP contribution in [0.2, 0.25) is 0 Å². The molecular formula is C24H21N. The van der Waals surface area contributed by atoms with Crippen LogP contribution in [0.1, 0.15) is 16.7 Å². The van der Waals surface area contributed by atoms with E-state index in [-0.39, 0.29) is 5.54 Å². The Morgan fingerprint density at radius 3 is 1.36 bits per heavy atom. The molecule has 25 heavy (non-hydrogen) atoms. The second kappa shape index (κ2) is 6.82. The van der Waals surface area contributed by atoms with Crippen LogP contribution >= 0.6 is 0 Å². The Hall–Kier alpha value is -3.06. The molecule has 0 N–H and O–H groups in total. The first kappa shape index (κ1) is 15.5. The third-order valence-electron chi connectivity index (χ3n) is 4.82. The van der Waals surface area contributed by atoms with Gasteiger partial charge in [-0.15, -0.1) is 0 Å². The molecular weight excluding hydrogens is 302 g/mol. The zero-order valence-corrected chi connectivity index (χ0v) is 14.1. The summed E-state index contributed by atoms with van der Waals surface area (Å²) < 4.78 is 0. The van der Waals surface area contributed by atoms with Crippen molar-refractivity contribution in [2.24, 2.45) is 0 Å². The average Bonchev–Trinajstić information content (AvgIpc) is 2.72. The van der Waals surface area contributed by atoms with E-state index in [1.807, 2.05) is 0 Å². The van der Waals surface area contributed by atoms with Gasteiger partial charge in [0.1, 0.15) is 5.54 Å². The van der Waals surface area contributed by atoms with Gasteiger partial charge in [-0.3, -0.25) is 0 Å². The maximum absolute atomic E-state index is 2.42. The molecule has 1 heterocycles. The SMILES string of the molecule is C1=CCN(C(c2ccccc2)(c2ccccc2)c2ccccc2)C=C1. The van der Waals surface area contributed by atoms with Crippen molar-refractivity contribution in [1.29, 1.82) is 0 Å². The second-order valence-electron chi connectivity index (χ2n) is 6.23. The first-order valence-corrected chi connectivity index (χ1v) is 8.69. The number of benzene rings is 3. The molecule has 1 aliphatic heterocycles. The lowest BCUT2D eigenvalue weighted by Gasteiger charge is -2.45. The summed E-state index contributed by atoms with van der Waals surface area (Å²) in [5.41, 5.74) is 3.46. The molecule has 0 saturated carbocycles. The Bertz CT molecular complexity index is 767. The number of allylic oxidation sites excluding steroid dienone is 2. The molecule has 0 saturated heterocycles. The second-order valence-corrected chi connectivity index (χ2v) is 6.23. The molecule has 1 heteroatoms. The van der Waals surface area contributed by atoms with Gasteiger partial charge in [-0.1, -0.05) is 103 Å². The van der Waals surface area contributed by atoms with E-state index in [0.29, 0.717) is 0 Å². The third-order valence-corrected chi connectivity index (χ3v) is 4.82. The van der Waals surface area contributed by atoms with Crippen molar-refractivity contribution in [1.82, 2.24) is 4.90 Å². The Kier molecular flexibility index (Phi) is 4.22. The van der Waals surface area contributed by atoms with Crippen molar-refractivity contribution in [2.45, 2.75) is 5.54 Å². The normalized spacial score (nSPS) is 13.8. The minimum atomic E-state index is -0.356. The topological polar surface area (TPSA) is 3.24 Å². The highest BCUT2D eigenvalue weighted by Gasteiger charge is 2.40. The largest absolute Gasteiger partial charge is 0.356 e. The van der Waals surface area contributed by atoms with E-state index in [1.165, 1.54) is 16.7 Å². The molecule has 0 atom stereocenters. The summed E-state index contributed by atoms with van der Waals surface area (Å²) in [5, 5.41) is 0. The fourth-order valence-corrected chi connectivity index (χ4v) is 3.75. The number of nitrogens with zero attached hydrogens (tertiary/aromatic N) is 1. The average molecular weight is 323 g/mol. The van der Waals surface area contributed by atoms with Crippen LogP contribution in [-0.2, 0) is 5.54 Å². The lowest BCUT2D eigenvalue weighted by atomic mass is 9.75. The van der Waals surface area contributed by atoms with Crippen LogP contribution in [0.15, 0.2) is 115 Å². The predicted molar refractivity (Wildman–Crippen MR) is 104 cm³/mol. The van der Waals surface area contributed by atoms with Crippen LogP contribution in [0.3, 0.4) is 0 Å². The lowest BCUT2D eigenvalue weighted by Crippen LogP contribution is -2.45. The molecule has 0 unspecified atom stereocenters. The van der Waals surface area contributed by atoms with Crippen LogP contribution in [0.4, 0.5) is 0 Å². The van der Waals surface area contributed by atoms with Gasteiger partial charge in [-0.25, -0.2) is 0 Å². The van der Waals surface area contributed by atoms with Gasteiger partial charge in [-0.05, 0) is 22.8 Å². The first-order valence-electron chi connectivity index (χ1n) is 8.69. The summed E-state index contributed by atoms with van der Waals surface area (Å²) in [5.74, 6) is 0. The van der Waals surface area contributed by atoms with Gasteiger partial charge < -0.3 is 4.90 Å². The van der Waals surface area contributed by atoms with Crippen molar-refractivity contribution in [3.63, 3.8) is 0 Å². The van der Waals surface area contributed by atoms with Gasteiger partial charge in [0.2, 0.25) is 0 Å². The van der Waals surface area contributed by atoms with Crippen LogP contribution in [0.5, 0.6) is 0 Å². The smallest absolute Gasteiger partial charge is 0.116 e. The molecule has 0 bridgehead atoms. The van der Waals surface area contributed by atoms with E-state index in [9.17, 15) is 0 Å². The number of hydrogen-bond acceptors (Lipinski definition) is 1. The van der Waals surface area contributed by atoms with E-state index in [4.69, 9.17) is 0 Å². The molecule has 1 aliphatic rings. The Morgan fingerprint density at radius 2 is 1.00 bits per heavy atom. The van der Waals surface area contributed by atoms with E-state index in [0.717, 1.165) is 6.54 Å². The predicted octanol–water partition coefficient (Wildman–Crippen LogP) is 5.36. The lowest BCUT2D eigenvalue weighted by molar-refractivity contribution is 0.252. The molecule has 0 fully saturated rings. The summed E-state index contributed by atoms with van der Waals surface area (Å²) in [7, 11) is 0. The number of hydrogen-bond donors (Lipinski definition) is 0. The van der Waals surface area contributed by atoms with E-state index < -0.39 is 0 Å². The zero-order chi connectivity index (χ0) is 17.0. The van der Waals surface area contributed by atoms with Crippen molar-refractivity contribution in [3.05, 3.63) is 132 Å². The van der Waals surface area contributed by atoms with Crippen molar-refractivity contribution in [3.8, 4) is 0 Å². The van der Waals surface area contributed by atoms with Crippen molar-refractivity contribution < 1.29 is 0 Å². The molecule has 3 aromatic rings. The van der Waals surface area contributed by atoms with Gasteiger partial charge in [0, 0.05) is 12.7 Å². The van der Waals surface area contributed by atoms with Crippen LogP contribution in [0.25, 0.3) is 0 Å².